The molecule has 4 aromatic rings. The SMILES string of the molecule is CC(C)CN1C(=O)c2ccccc2[C@@H]1Nc1ccc(C(=O)N[C@@H](Cc2ccccc2)c2ccccc2)cc1. The minimum atomic E-state index is -0.242. The third kappa shape index (κ3) is 5.62. The fraction of sp³-hybridized carbons (Fsp3) is 0.212. The molecule has 1 heterocycles. The molecule has 192 valence electrons. The Morgan fingerprint density at radius 1 is 0.816 bits per heavy atom. The van der Waals surface area contributed by atoms with Crippen LogP contribution in [0.3, 0.4) is 0 Å². The van der Waals surface area contributed by atoms with Crippen LogP contribution in [0, 0.1) is 5.92 Å². The molecular formula is C33H33N3O2. The molecule has 1 aliphatic heterocycles. The molecule has 5 nitrogen and oxygen atoms in total. The van der Waals surface area contributed by atoms with E-state index >= 15 is 0 Å². The van der Waals surface area contributed by atoms with E-state index in [9.17, 15) is 9.59 Å². The molecule has 38 heavy (non-hydrogen) atoms. The summed E-state index contributed by atoms with van der Waals surface area (Å²) in [6.45, 7) is 4.89. The van der Waals surface area contributed by atoms with Crippen molar-refractivity contribution in [2.75, 3.05) is 11.9 Å². The lowest BCUT2D eigenvalue weighted by Gasteiger charge is -2.28. The molecule has 0 saturated heterocycles. The van der Waals surface area contributed by atoms with Crippen LogP contribution in [0.25, 0.3) is 0 Å². The van der Waals surface area contributed by atoms with Crippen molar-refractivity contribution in [3.63, 3.8) is 0 Å². The number of benzene rings is 4. The monoisotopic (exact) mass is 503 g/mol. The molecule has 0 aromatic heterocycles. The van der Waals surface area contributed by atoms with Crippen molar-refractivity contribution in [2.45, 2.75) is 32.5 Å². The van der Waals surface area contributed by atoms with Crippen molar-refractivity contribution in [1.29, 1.82) is 0 Å². The predicted molar refractivity (Wildman–Crippen MR) is 152 cm³/mol. The van der Waals surface area contributed by atoms with Gasteiger partial charge in [0.25, 0.3) is 11.8 Å². The smallest absolute Gasteiger partial charge is 0.256 e. The molecule has 5 heteroatoms. The second-order valence-electron chi connectivity index (χ2n) is 10.2. The number of hydrogen-bond donors (Lipinski definition) is 2. The minimum Gasteiger partial charge on any atom is -0.361 e. The zero-order chi connectivity index (χ0) is 26.5. The van der Waals surface area contributed by atoms with Gasteiger partial charge < -0.3 is 15.5 Å². The van der Waals surface area contributed by atoms with Gasteiger partial charge in [-0.15, -0.1) is 0 Å². The van der Waals surface area contributed by atoms with Crippen LogP contribution in [-0.2, 0) is 6.42 Å². The summed E-state index contributed by atoms with van der Waals surface area (Å²) < 4.78 is 0. The van der Waals surface area contributed by atoms with Crippen molar-refractivity contribution in [3.8, 4) is 0 Å². The summed E-state index contributed by atoms with van der Waals surface area (Å²) in [7, 11) is 0. The number of fused-ring (bicyclic) bond motifs is 1. The Morgan fingerprint density at radius 2 is 1.45 bits per heavy atom. The Labute approximate surface area is 224 Å². The molecule has 2 amide bonds. The van der Waals surface area contributed by atoms with Crippen LogP contribution in [0.2, 0.25) is 0 Å². The Kier molecular flexibility index (Phi) is 7.55. The van der Waals surface area contributed by atoms with Crippen LogP contribution in [0.4, 0.5) is 5.69 Å². The fourth-order valence-corrected chi connectivity index (χ4v) is 5.01. The first-order valence-electron chi connectivity index (χ1n) is 13.2. The Hall–Kier alpha value is -4.38. The van der Waals surface area contributed by atoms with Gasteiger partial charge in [-0.3, -0.25) is 9.59 Å². The summed E-state index contributed by atoms with van der Waals surface area (Å²) in [5, 5.41) is 6.75. The van der Waals surface area contributed by atoms with Crippen LogP contribution in [0.15, 0.2) is 109 Å². The van der Waals surface area contributed by atoms with E-state index in [0.717, 1.165) is 22.4 Å². The number of carbonyl (C=O) groups is 2. The number of carbonyl (C=O) groups excluding carboxylic acids is 2. The highest BCUT2D eigenvalue weighted by Gasteiger charge is 2.36. The molecule has 0 unspecified atom stereocenters. The summed E-state index contributed by atoms with van der Waals surface area (Å²) in [5.41, 5.74) is 5.40. The van der Waals surface area contributed by atoms with Crippen molar-refractivity contribution in [3.05, 3.63) is 137 Å². The summed E-state index contributed by atoms with van der Waals surface area (Å²) in [4.78, 5) is 28.2. The summed E-state index contributed by atoms with van der Waals surface area (Å²) in [6.07, 6.45) is 0.464. The van der Waals surface area contributed by atoms with Crippen molar-refractivity contribution in [1.82, 2.24) is 10.2 Å². The van der Waals surface area contributed by atoms with E-state index in [4.69, 9.17) is 0 Å². The molecule has 1 aliphatic rings. The molecule has 0 aliphatic carbocycles. The number of anilines is 1. The topological polar surface area (TPSA) is 61.4 Å². The van der Waals surface area contributed by atoms with Gasteiger partial charge in [-0.1, -0.05) is 92.7 Å². The zero-order valence-corrected chi connectivity index (χ0v) is 21.8. The molecule has 0 fully saturated rings. The van der Waals surface area contributed by atoms with Gasteiger partial charge in [0.1, 0.15) is 6.17 Å². The predicted octanol–water partition coefficient (Wildman–Crippen LogP) is 6.62. The Bertz CT molecular complexity index is 1380. The number of amides is 2. The highest BCUT2D eigenvalue weighted by molar-refractivity contribution is 5.99. The second kappa shape index (κ2) is 11.3. The maximum atomic E-state index is 13.3. The van der Waals surface area contributed by atoms with Gasteiger partial charge in [-0.05, 0) is 53.8 Å². The minimum absolute atomic E-state index is 0.0492. The lowest BCUT2D eigenvalue weighted by molar-refractivity contribution is 0.0720. The molecular weight excluding hydrogens is 470 g/mol. The first-order valence-corrected chi connectivity index (χ1v) is 13.2. The highest BCUT2D eigenvalue weighted by atomic mass is 16.2. The summed E-state index contributed by atoms with van der Waals surface area (Å²) in [6, 6.07) is 35.3. The molecule has 2 atom stereocenters. The molecule has 0 spiro atoms. The van der Waals surface area contributed by atoms with Gasteiger partial charge in [0.05, 0.1) is 6.04 Å². The van der Waals surface area contributed by atoms with E-state index in [1.807, 2.05) is 102 Å². The van der Waals surface area contributed by atoms with E-state index in [2.05, 4.69) is 36.6 Å². The standard InChI is InChI=1S/C33H33N3O2/c1-23(2)22-36-31(28-15-9-10-16-29(28)33(36)38)34-27-19-17-26(18-20-27)32(37)35-30(25-13-7-4-8-14-25)21-24-11-5-3-6-12-24/h3-20,23,30-31,34H,21-22H2,1-2H3,(H,35,37)/t30-,31+/m0/s1. The van der Waals surface area contributed by atoms with Crippen LogP contribution >= 0.6 is 0 Å². The Balaban J connectivity index is 1.32. The maximum absolute atomic E-state index is 13.3. The lowest BCUT2D eigenvalue weighted by atomic mass is 9.98. The normalized spacial score (nSPS) is 15.3. The molecule has 0 saturated carbocycles. The molecule has 4 aromatic carbocycles. The maximum Gasteiger partial charge on any atom is 0.256 e. The second-order valence-corrected chi connectivity index (χ2v) is 10.2. The van der Waals surface area contributed by atoms with E-state index in [-0.39, 0.29) is 24.0 Å². The van der Waals surface area contributed by atoms with Gasteiger partial charge in [0, 0.05) is 28.9 Å². The molecule has 5 rings (SSSR count). The molecule has 2 N–H and O–H groups in total. The van der Waals surface area contributed by atoms with Crippen molar-refractivity contribution < 1.29 is 9.59 Å². The average Bonchev–Trinajstić information content (AvgIpc) is 3.20. The number of rotatable bonds is 9. The van der Waals surface area contributed by atoms with Gasteiger partial charge in [0.2, 0.25) is 0 Å². The quantitative estimate of drug-likeness (QED) is 0.270. The average molecular weight is 504 g/mol. The van der Waals surface area contributed by atoms with Crippen molar-refractivity contribution >= 4 is 17.5 Å². The first kappa shape index (κ1) is 25.3. The third-order valence-electron chi connectivity index (χ3n) is 6.86. The molecule has 0 radical (unpaired) electrons. The van der Waals surface area contributed by atoms with E-state index in [0.29, 0.717) is 24.4 Å². The molecule has 0 bridgehead atoms. The van der Waals surface area contributed by atoms with Crippen LogP contribution in [-0.4, -0.2) is 23.3 Å². The van der Waals surface area contributed by atoms with E-state index < -0.39 is 0 Å². The summed E-state index contributed by atoms with van der Waals surface area (Å²) >= 11 is 0. The van der Waals surface area contributed by atoms with E-state index in [1.54, 1.807) is 0 Å². The summed E-state index contributed by atoms with van der Waals surface area (Å²) in [5.74, 6) is 0.273. The largest absolute Gasteiger partial charge is 0.361 e. The Morgan fingerprint density at radius 3 is 2.13 bits per heavy atom. The van der Waals surface area contributed by atoms with Crippen molar-refractivity contribution in [2.24, 2.45) is 5.92 Å². The number of nitrogens with zero attached hydrogens (tertiary/aromatic N) is 1. The van der Waals surface area contributed by atoms with Crippen LogP contribution in [0.5, 0.6) is 0 Å². The lowest BCUT2D eigenvalue weighted by Crippen LogP contribution is -2.35. The first-order chi connectivity index (χ1) is 18.5. The van der Waals surface area contributed by atoms with Gasteiger partial charge >= 0.3 is 0 Å². The fourth-order valence-electron chi connectivity index (χ4n) is 5.01. The number of hydrogen-bond acceptors (Lipinski definition) is 3. The van der Waals surface area contributed by atoms with Crippen LogP contribution < -0.4 is 10.6 Å². The van der Waals surface area contributed by atoms with Gasteiger partial charge in [0.15, 0.2) is 0 Å². The third-order valence-corrected chi connectivity index (χ3v) is 6.86. The van der Waals surface area contributed by atoms with Gasteiger partial charge in [-0.2, -0.15) is 0 Å². The van der Waals surface area contributed by atoms with Crippen LogP contribution in [0.1, 0.15) is 63.5 Å². The highest BCUT2D eigenvalue weighted by Crippen LogP contribution is 2.35. The van der Waals surface area contributed by atoms with Gasteiger partial charge in [-0.25, -0.2) is 0 Å². The zero-order valence-electron chi connectivity index (χ0n) is 21.8. The van der Waals surface area contributed by atoms with E-state index in [1.165, 1.54) is 5.56 Å². The number of nitrogens with one attached hydrogen (secondary N) is 2.